The molecule has 0 aliphatic heterocycles. The number of ketones is 1. The molecule has 0 heterocycles. The normalized spacial score (nSPS) is 36.3. The van der Waals surface area contributed by atoms with E-state index in [-0.39, 0.29) is 17.1 Å². The standard InChI is InChI=1S/C15H20O3/c1-9(8-16)11-4-5-15(3)7-13(17)14(18)10(2)12(15)6-11/h8,11,13,17H,1,4-7H2,2-3H3/t11-,13+,15+/m1/s1. The summed E-state index contributed by atoms with van der Waals surface area (Å²) in [7, 11) is 0. The molecule has 0 unspecified atom stereocenters. The fourth-order valence-electron chi connectivity index (χ4n) is 3.40. The number of aliphatic hydroxyl groups is 1. The molecule has 0 bridgehead atoms. The van der Waals surface area contributed by atoms with E-state index in [1.54, 1.807) is 6.92 Å². The number of aldehydes is 1. The lowest BCUT2D eigenvalue weighted by Crippen LogP contribution is -2.41. The van der Waals surface area contributed by atoms with Crippen LogP contribution in [0.1, 0.15) is 39.5 Å². The Balaban J connectivity index is 2.35. The number of carbonyl (C=O) groups excluding carboxylic acids is 2. The van der Waals surface area contributed by atoms with Crippen LogP contribution < -0.4 is 0 Å². The fraction of sp³-hybridized carbons (Fsp3) is 0.600. The SMILES string of the molecule is C=C(C=O)[C@@H]1CC[C@@]2(C)C[C@H](O)C(=O)C(C)=C2C1. The van der Waals surface area contributed by atoms with Crippen molar-refractivity contribution in [3.63, 3.8) is 0 Å². The number of aliphatic hydroxyl groups excluding tert-OH is 1. The van der Waals surface area contributed by atoms with Crippen molar-refractivity contribution < 1.29 is 14.7 Å². The van der Waals surface area contributed by atoms with E-state index in [1.165, 1.54) is 0 Å². The third-order valence-electron chi connectivity index (χ3n) is 4.67. The van der Waals surface area contributed by atoms with Crippen molar-refractivity contribution in [3.05, 3.63) is 23.3 Å². The van der Waals surface area contributed by atoms with Gasteiger partial charge in [-0.3, -0.25) is 9.59 Å². The van der Waals surface area contributed by atoms with Crippen LogP contribution in [-0.2, 0) is 9.59 Å². The number of hydrogen-bond donors (Lipinski definition) is 1. The Morgan fingerprint density at radius 3 is 2.83 bits per heavy atom. The summed E-state index contributed by atoms with van der Waals surface area (Å²) in [4.78, 5) is 22.7. The molecule has 0 spiro atoms. The van der Waals surface area contributed by atoms with E-state index >= 15 is 0 Å². The van der Waals surface area contributed by atoms with Gasteiger partial charge in [-0.25, -0.2) is 0 Å². The highest BCUT2D eigenvalue weighted by molar-refractivity contribution is 6.00. The molecule has 1 N–H and O–H groups in total. The van der Waals surface area contributed by atoms with Crippen LogP contribution in [-0.4, -0.2) is 23.3 Å². The van der Waals surface area contributed by atoms with Gasteiger partial charge in [-0.05, 0) is 55.1 Å². The van der Waals surface area contributed by atoms with E-state index in [0.717, 1.165) is 31.1 Å². The van der Waals surface area contributed by atoms with Crippen molar-refractivity contribution >= 4 is 12.1 Å². The van der Waals surface area contributed by atoms with Crippen LogP contribution in [0.15, 0.2) is 23.3 Å². The lowest BCUT2D eigenvalue weighted by atomic mass is 9.60. The maximum Gasteiger partial charge on any atom is 0.186 e. The molecule has 3 nitrogen and oxygen atoms in total. The van der Waals surface area contributed by atoms with Gasteiger partial charge in [0.05, 0.1) is 0 Å². The van der Waals surface area contributed by atoms with Crippen LogP contribution in [0.25, 0.3) is 0 Å². The van der Waals surface area contributed by atoms with Crippen LogP contribution in [0.2, 0.25) is 0 Å². The van der Waals surface area contributed by atoms with Gasteiger partial charge in [-0.1, -0.05) is 19.1 Å². The summed E-state index contributed by atoms with van der Waals surface area (Å²) >= 11 is 0. The van der Waals surface area contributed by atoms with E-state index in [2.05, 4.69) is 13.5 Å². The van der Waals surface area contributed by atoms with Crippen LogP contribution >= 0.6 is 0 Å². The molecule has 18 heavy (non-hydrogen) atoms. The first-order chi connectivity index (χ1) is 8.39. The summed E-state index contributed by atoms with van der Waals surface area (Å²) in [6, 6.07) is 0. The number of hydrogen-bond acceptors (Lipinski definition) is 3. The summed E-state index contributed by atoms with van der Waals surface area (Å²) < 4.78 is 0. The Morgan fingerprint density at radius 1 is 1.56 bits per heavy atom. The van der Waals surface area contributed by atoms with Gasteiger partial charge >= 0.3 is 0 Å². The molecule has 0 aromatic heterocycles. The molecule has 0 aromatic rings. The highest BCUT2D eigenvalue weighted by atomic mass is 16.3. The average molecular weight is 248 g/mol. The van der Waals surface area contributed by atoms with Crippen LogP contribution in [0.3, 0.4) is 0 Å². The quantitative estimate of drug-likeness (QED) is 0.602. The highest BCUT2D eigenvalue weighted by Crippen LogP contribution is 2.51. The summed E-state index contributed by atoms with van der Waals surface area (Å²) in [5.41, 5.74) is 2.35. The Kier molecular flexibility index (Phi) is 3.28. The molecule has 2 aliphatic rings. The molecule has 2 rings (SSSR count). The number of allylic oxidation sites excluding steroid dienone is 2. The number of fused-ring (bicyclic) bond motifs is 1. The van der Waals surface area contributed by atoms with Crippen molar-refractivity contribution in [2.24, 2.45) is 11.3 Å². The molecular formula is C15H20O3. The first-order valence-corrected chi connectivity index (χ1v) is 6.45. The van der Waals surface area contributed by atoms with E-state index in [4.69, 9.17) is 0 Å². The topological polar surface area (TPSA) is 54.4 Å². The minimum atomic E-state index is -0.857. The Bertz CT molecular complexity index is 447. The zero-order valence-electron chi connectivity index (χ0n) is 11.0. The number of Topliss-reactive ketones (excluding diaryl/α,β-unsaturated/α-hetero) is 1. The predicted octanol–water partition coefficient (Wildman–Crippen LogP) is 2.20. The molecular weight excluding hydrogens is 228 g/mol. The van der Waals surface area contributed by atoms with Crippen LogP contribution in [0.4, 0.5) is 0 Å². The van der Waals surface area contributed by atoms with E-state index in [0.29, 0.717) is 17.6 Å². The van der Waals surface area contributed by atoms with Crippen LogP contribution in [0.5, 0.6) is 0 Å². The van der Waals surface area contributed by atoms with E-state index in [9.17, 15) is 14.7 Å². The zero-order valence-corrected chi connectivity index (χ0v) is 11.0. The largest absolute Gasteiger partial charge is 0.385 e. The first-order valence-electron chi connectivity index (χ1n) is 6.45. The minimum Gasteiger partial charge on any atom is -0.385 e. The predicted molar refractivity (Wildman–Crippen MR) is 69.0 cm³/mol. The van der Waals surface area contributed by atoms with Gasteiger partial charge in [-0.2, -0.15) is 0 Å². The molecule has 1 fully saturated rings. The van der Waals surface area contributed by atoms with Crippen molar-refractivity contribution in [1.29, 1.82) is 0 Å². The van der Waals surface area contributed by atoms with Gasteiger partial charge < -0.3 is 5.11 Å². The zero-order chi connectivity index (χ0) is 13.5. The highest BCUT2D eigenvalue weighted by Gasteiger charge is 2.44. The molecule has 98 valence electrons. The molecule has 3 atom stereocenters. The van der Waals surface area contributed by atoms with E-state index in [1.807, 2.05) is 0 Å². The summed E-state index contributed by atoms with van der Waals surface area (Å²) in [6.07, 6.45) is 3.03. The molecule has 1 saturated carbocycles. The van der Waals surface area contributed by atoms with Crippen molar-refractivity contribution in [3.8, 4) is 0 Å². The molecule has 0 aromatic carbocycles. The second-order valence-corrected chi connectivity index (χ2v) is 5.88. The van der Waals surface area contributed by atoms with Gasteiger partial charge in [0.25, 0.3) is 0 Å². The van der Waals surface area contributed by atoms with Crippen LogP contribution in [0, 0.1) is 11.3 Å². The molecule has 0 radical (unpaired) electrons. The van der Waals surface area contributed by atoms with Gasteiger partial charge in [0.1, 0.15) is 12.4 Å². The second-order valence-electron chi connectivity index (χ2n) is 5.88. The smallest absolute Gasteiger partial charge is 0.186 e. The molecule has 2 aliphatic carbocycles. The first kappa shape index (κ1) is 13.2. The van der Waals surface area contributed by atoms with Crippen molar-refractivity contribution in [1.82, 2.24) is 0 Å². The number of carbonyl (C=O) groups is 2. The van der Waals surface area contributed by atoms with Gasteiger partial charge in [0.15, 0.2) is 5.78 Å². The van der Waals surface area contributed by atoms with E-state index < -0.39 is 6.10 Å². The van der Waals surface area contributed by atoms with Gasteiger partial charge in [0, 0.05) is 0 Å². The lowest BCUT2D eigenvalue weighted by molar-refractivity contribution is -0.126. The maximum atomic E-state index is 11.9. The molecule has 3 heteroatoms. The number of rotatable bonds is 2. The van der Waals surface area contributed by atoms with Gasteiger partial charge in [-0.15, -0.1) is 0 Å². The Labute approximate surface area is 108 Å². The summed E-state index contributed by atoms with van der Waals surface area (Å²) in [5, 5.41) is 9.82. The summed E-state index contributed by atoms with van der Waals surface area (Å²) in [5.74, 6) is 0.00316. The summed E-state index contributed by atoms with van der Waals surface area (Å²) in [6.45, 7) is 7.70. The average Bonchev–Trinajstić information content (AvgIpc) is 2.35. The van der Waals surface area contributed by atoms with Gasteiger partial charge in [0.2, 0.25) is 0 Å². The second kappa shape index (κ2) is 4.47. The fourth-order valence-corrected chi connectivity index (χ4v) is 3.40. The third kappa shape index (κ3) is 1.97. The Morgan fingerprint density at radius 2 is 2.22 bits per heavy atom. The maximum absolute atomic E-state index is 11.9. The van der Waals surface area contributed by atoms with Crippen molar-refractivity contribution in [2.45, 2.75) is 45.6 Å². The Hall–Kier alpha value is -1.22. The monoisotopic (exact) mass is 248 g/mol. The molecule has 0 saturated heterocycles. The third-order valence-corrected chi connectivity index (χ3v) is 4.67. The minimum absolute atomic E-state index is 0.0862. The molecule has 0 amide bonds. The lowest BCUT2D eigenvalue weighted by Gasteiger charge is -2.45. The van der Waals surface area contributed by atoms with Crippen molar-refractivity contribution in [2.75, 3.05) is 0 Å².